The number of carboxylic acids is 1. The standard InChI is InChI=1S/C13H13N3O4/c14-9-1-3-10(4-2-9)16-7-5-11(15-16)13(19)20-8-6-12(17)18/h1-5,7H,6,8,14H2,(H,17,18). The van der Waals surface area contributed by atoms with E-state index in [1.807, 2.05) is 0 Å². The van der Waals surface area contributed by atoms with Crippen LogP contribution < -0.4 is 5.73 Å². The smallest absolute Gasteiger partial charge is 0.358 e. The third-order valence-electron chi connectivity index (χ3n) is 2.50. The second-order valence-electron chi connectivity index (χ2n) is 4.02. The van der Waals surface area contributed by atoms with Gasteiger partial charge in [-0.05, 0) is 30.3 Å². The molecule has 0 aliphatic heterocycles. The van der Waals surface area contributed by atoms with Gasteiger partial charge in [-0.15, -0.1) is 0 Å². The van der Waals surface area contributed by atoms with Gasteiger partial charge in [-0.3, -0.25) is 4.79 Å². The molecule has 3 N–H and O–H groups in total. The number of carbonyl (C=O) groups is 2. The van der Waals surface area contributed by atoms with Gasteiger partial charge in [0.05, 0.1) is 12.1 Å². The Kier molecular flexibility index (Phi) is 3.99. The molecule has 104 valence electrons. The Labute approximate surface area is 114 Å². The first-order valence-electron chi connectivity index (χ1n) is 5.87. The molecule has 2 aromatic rings. The van der Waals surface area contributed by atoms with Crippen molar-refractivity contribution in [3.8, 4) is 5.69 Å². The van der Waals surface area contributed by atoms with Crippen LogP contribution in [0.4, 0.5) is 5.69 Å². The molecule has 7 nitrogen and oxygen atoms in total. The number of nitrogens with zero attached hydrogens (tertiary/aromatic N) is 2. The lowest BCUT2D eigenvalue weighted by molar-refractivity contribution is -0.137. The van der Waals surface area contributed by atoms with Crippen molar-refractivity contribution in [1.29, 1.82) is 0 Å². The molecule has 0 amide bonds. The molecular weight excluding hydrogens is 262 g/mol. The topological polar surface area (TPSA) is 107 Å². The lowest BCUT2D eigenvalue weighted by Crippen LogP contribution is -2.10. The van der Waals surface area contributed by atoms with Gasteiger partial charge in [-0.2, -0.15) is 5.10 Å². The van der Waals surface area contributed by atoms with Crippen LogP contribution in [0, 0.1) is 0 Å². The molecule has 7 heteroatoms. The van der Waals surface area contributed by atoms with Crippen LogP contribution in [-0.2, 0) is 9.53 Å². The fraction of sp³-hybridized carbons (Fsp3) is 0.154. The van der Waals surface area contributed by atoms with Gasteiger partial charge < -0.3 is 15.6 Å². The SMILES string of the molecule is Nc1ccc(-n2ccc(C(=O)OCCC(=O)O)n2)cc1. The van der Waals surface area contributed by atoms with Crippen molar-refractivity contribution in [2.45, 2.75) is 6.42 Å². The summed E-state index contributed by atoms with van der Waals surface area (Å²) >= 11 is 0. The van der Waals surface area contributed by atoms with Gasteiger partial charge in [-0.1, -0.05) is 0 Å². The number of nitrogens with two attached hydrogens (primary N) is 1. The number of benzene rings is 1. The molecular formula is C13H13N3O4. The highest BCUT2D eigenvalue weighted by Gasteiger charge is 2.12. The first-order chi connectivity index (χ1) is 9.56. The average molecular weight is 275 g/mol. The zero-order valence-corrected chi connectivity index (χ0v) is 10.5. The number of hydrogen-bond acceptors (Lipinski definition) is 5. The Hall–Kier alpha value is -2.83. The summed E-state index contributed by atoms with van der Waals surface area (Å²) in [5.41, 5.74) is 7.09. The fourth-order valence-corrected chi connectivity index (χ4v) is 1.51. The normalized spacial score (nSPS) is 10.2. The molecule has 20 heavy (non-hydrogen) atoms. The number of hydrogen-bond donors (Lipinski definition) is 2. The van der Waals surface area contributed by atoms with E-state index in [9.17, 15) is 9.59 Å². The molecule has 0 atom stereocenters. The van der Waals surface area contributed by atoms with E-state index in [0.29, 0.717) is 5.69 Å². The van der Waals surface area contributed by atoms with E-state index < -0.39 is 11.9 Å². The Morgan fingerprint density at radius 1 is 1.25 bits per heavy atom. The number of rotatable bonds is 5. The number of carboxylic acid groups (broad SMARTS) is 1. The average Bonchev–Trinajstić information content (AvgIpc) is 2.88. The summed E-state index contributed by atoms with van der Waals surface area (Å²) in [5, 5.41) is 12.5. The molecule has 0 spiro atoms. The van der Waals surface area contributed by atoms with Gasteiger partial charge in [0.1, 0.15) is 6.61 Å². The summed E-state index contributed by atoms with van der Waals surface area (Å²) < 4.78 is 6.30. The van der Waals surface area contributed by atoms with Crippen molar-refractivity contribution in [2.24, 2.45) is 0 Å². The maximum atomic E-state index is 11.6. The second kappa shape index (κ2) is 5.87. The second-order valence-corrected chi connectivity index (χ2v) is 4.02. The van der Waals surface area contributed by atoms with Gasteiger partial charge in [0.25, 0.3) is 0 Å². The third-order valence-corrected chi connectivity index (χ3v) is 2.50. The van der Waals surface area contributed by atoms with E-state index in [2.05, 4.69) is 5.10 Å². The van der Waals surface area contributed by atoms with Crippen LogP contribution in [-0.4, -0.2) is 33.4 Å². The molecule has 0 saturated carbocycles. The molecule has 1 aromatic heterocycles. The summed E-state index contributed by atoms with van der Waals surface area (Å²) in [5.74, 6) is -1.68. The highest BCUT2D eigenvalue weighted by molar-refractivity contribution is 5.87. The Balaban J connectivity index is 2.03. The Bertz CT molecular complexity index is 619. The predicted octanol–water partition coefficient (Wildman–Crippen LogP) is 1.09. The fourth-order valence-electron chi connectivity index (χ4n) is 1.51. The highest BCUT2D eigenvalue weighted by atomic mass is 16.5. The number of carbonyl (C=O) groups excluding carboxylic acids is 1. The van der Waals surface area contributed by atoms with E-state index in [0.717, 1.165) is 5.69 Å². The van der Waals surface area contributed by atoms with E-state index in [4.69, 9.17) is 15.6 Å². The van der Waals surface area contributed by atoms with E-state index in [1.54, 1.807) is 30.5 Å². The molecule has 0 aliphatic rings. The summed E-state index contributed by atoms with van der Waals surface area (Å²) in [6, 6.07) is 8.48. The first kappa shape index (κ1) is 13.6. The lowest BCUT2D eigenvalue weighted by atomic mass is 10.3. The molecule has 1 aromatic carbocycles. The maximum Gasteiger partial charge on any atom is 0.358 e. The number of aromatic nitrogens is 2. The quantitative estimate of drug-likeness (QED) is 0.624. The Morgan fingerprint density at radius 3 is 2.60 bits per heavy atom. The number of anilines is 1. The largest absolute Gasteiger partial charge is 0.481 e. The minimum atomic E-state index is -1.02. The molecule has 0 radical (unpaired) electrons. The molecule has 1 heterocycles. The van der Waals surface area contributed by atoms with Crippen LogP contribution in [0.15, 0.2) is 36.5 Å². The number of aliphatic carboxylic acids is 1. The van der Waals surface area contributed by atoms with Crippen molar-refractivity contribution in [3.63, 3.8) is 0 Å². The zero-order valence-electron chi connectivity index (χ0n) is 10.5. The monoisotopic (exact) mass is 275 g/mol. The van der Waals surface area contributed by atoms with Gasteiger partial charge in [0, 0.05) is 11.9 Å². The van der Waals surface area contributed by atoms with Gasteiger partial charge in [0.2, 0.25) is 0 Å². The predicted molar refractivity (Wildman–Crippen MR) is 70.5 cm³/mol. The maximum absolute atomic E-state index is 11.6. The zero-order chi connectivity index (χ0) is 14.5. The van der Waals surface area contributed by atoms with Gasteiger partial charge in [-0.25, -0.2) is 9.48 Å². The van der Waals surface area contributed by atoms with Crippen LogP contribution in [0.2, 0.25) is 0 Å². The summed E-state index contributed by atoms with van der Waals surface area (Å²) in [6.45, 7) is -0.178. The summed E-state index contributed by atoms with van der Waals surface area (Å²) in [4.78, 5) is 21.9. The van der Waals surface area contributed by atoms with Crippen molar-refractivity contribution in [1.82, 2.24) is 9.78 Å². The number of ether oxygens (including phenoxy) is 1. The first-order valence-corrected chi connectivity index (χ1v) is 5.87. The molecule has 0 fully saturated rings. The third kappa shape index (κ3) is 3.35. The number of esters is 1. The van der Waals surface area contributed by atoms with Crippen molar-refractivity contribution in [2.75, 3.05) is 12.3 Å². The lowest BCUT2D eigenvalue weighted by Gasteiger charge is -2.02. The van der Waals surface area contributed by atoms with E-state index >= 15 is 0 Å². The van der Waals surface area contributed by atoms with Crippen molar-refractivity contribution >= 4 is 17.6 Å². The Morgan fingerprint density at radius 2 is 1.95 bits per heavy atom. The number of nitrogen functional groups attached to an aromatic ring is 1. The highest BCUT2D eigenvalue weighted by Crippen LogP contribution is 2.11. The minimum absolute atomic E-state index is 0.118. The summed E-state index contributed by atoms with van der Waals surface area (Å²) in [6.07, 6.45) is 1.38. The van der Waals surface area contributed by atoms with Crippen LogP contribution in [0.1, 0.15) is 16.9 Å². The van der Waals surface area contributed by atoms with E-state index in [1.165, 1.54) is 10.7 Å². The molecule has 0 bridgehead atoms. The van der Waals surface area contributed by atoms with Crippen molar-refractivity contribution in [3.05, 3.63) is 42.2 Å². The van der Waals surface area contributed by atoms with Gasteiger partial charge >= 0.3 is 11.9 Å². The minimum Gasteiger partial charge on any atom is -0.481 e. The molecule has 0 aliphatic carbocycles. The van der Waals surface area contributed by atoms with Gasteiger partial charge in [0.15, 0.2) is 5.69 Å². The van der Waals surface area contributed by atoms with Crippen LogP contribution in [0.5, 0.6) is 0 Å². The molecule has 0 unspecified atom stereocenters. The summed E-state index contributed by atoms with van der Waals surface area (Å²) in [7, 11) is 0. The molecule has 0 saturated heterocycles. The van der Waals surface area contributed by atoms with Crippen LogP contribution in [0.3, 0.4) is 0 Å². The van der Waals surface area contributed by atoms with Crippen LogP contribution >= 0.6 is 0 Å². The van der Waals surface area contributed by atoms with E-state index in [-0.39, 0.29) is 18.7 Å². The van der Waals surface area contributed by atoms with Crippen molar-refractivity contribution < 1.29 is 19.4 Å². The van der Waals surface area contributed by atoms with Crippen LogP contribution in [0.25, 0.3) is 5.69 Å². The molecule has 2 rings (SSSR count).